The number of nitrogens with one attached hydrogen (secondary N) is 1. The molecule has 132 valence electrons. The van der Waals surface area contributed by atoms with Crippen LogP contribution >= 0.6 is 11.6 Å². The number of hydrogen-bond donors (Lipinski definition) is 1. The number of carbonyl (C=O) groups is 1. The molecule has 0 aliphatic rings. The largest absolute Gasteiger partial charge is 0.456 e. The molecule has 6 nitrogen and oxygen atoms in total. The normalized spacial score (nSPS) is 11.0. The second kappa shape index (κ2) is 7.55. The van der Waals surface area contributed by atoms with E-state index in [-0.39, 0.29) is 10.5 Å². The van der Waals surface area contributed by atoms with Gasteiger partial charge in [-0.1, -0.05) is 11.6 Å². The number of nitrogens with zero attached hydrogens (tertiary/aromatic N) is 1. The van der Waals surface area contributed by atoms with Crippen LogP contribution in [-0.4, -0.2) is 19.3 Å². The molecule has 1 aromatic heterocycles. The fraction of sp³-hybridized carbons (Fsp3) is 0. The molecule has 1 heterocycles. The van der Waals surface area contributed by atoms with Gasteiger partial charge in [-0.15, -0.1) is 0 Å². The minimum absolute atomic E-state index is 0.0493. The Morgan fingerprint density at radius 2 is 1.65 bits per heavy atom. The highest BCUT2D eigenvalue weighted by molar-refractivity contribution is 7.90. The zero-order valence-electron chi connectivity index (χ0n) is 13.3. The third-order valence-electron chi connectivity index (χ3n) is 3.34. The first kappa shape index (κ1) is 17.9. The first-order valence-corrected chi connectivity index (χ1v) is 9.31. The number of hydrogen-bond acceptors (Lipinski definition) is 5. The predicted molar refractivity (Wildman–Crippen MR) is 96.9 cm³/mol. The molecule has 1 amide bonds. The topological polar surface area (TPSA) is 85.4 Å². The molecule has 0 atom stereocenters. The summed E-state index contributed by atoms with van der Waals surface area (Å²) in [4.78, 5) is 16.1. The van der Waals surface area contributed by atoms with Crippen molar-refractivity contribution in [1.29, 1.82) is 0 Å². The molecular formula is C18H13ClN2O4S. The summed E-state index contributed by atoms with van der Waals surface area (Å²) in [6.45, 7) is 0. The number of aromatic nitrogens is 1. The first-order chi connectivity index (χ1) is 12.4. The Morgan fingerprint density at radius 1 is 0.962 bits per heavy atom. The quantitative estimate of drug-likeness (QED) is 0.721. The van der Waals surface area contributed by atoms with Crippen LogP contribution in [0, 0.1) is 0 Å². The Bertz CT molecular complexity index is 1010. The van der Waals surface area contributed by atoms with Crippen molar-refractivity contribution in [2.75, 3.05) is 0 Å². The van der Waals surface area contributed by atoms with E-state index in [4.69, 9.17) is 16.3 Å². The number of sulfonamides is 1. The number of pyridine rings is 1. The number of rotatable bonds is 5. The second-order valence-corrected chi connectivity index (χ2v) is 7.32. The van der Waals surface area contributed by atoms with Crippen LogP contribution in [0.3, 0.4) is 0 Å². The maximum atomic E-state index is 12.2. The molecule has 26 heavy (non-hydrogen) atoms. The fourth-order valence-corrected chi connectivity index (χ4v) is 3.17. The van der Waals surface area contributed by atoms with Crippen molar-refractivity contribution in [3.63, 3.8) is 0 Å². The van der Waals surface area contributed by atoms with Crippen LogP contribution in [0.4, 0.5) is 0 Å². The summed E-state index contributed by atoms with van der Waals surface area (Å²) in [6.07, 6.45) is 3.18. The van der Waals surface area contributed by atoms with E-state index < -0.39 is 15.9 Å². The van der Waals surface area contributed by atoms with Crippen molar-refractivity contribution in [2.45, 2.75) is 4.90 Å². The van der Waals surface area contributed by atoms with E-state index in [0.717, 1.165) is 0 Å². The van der Waals surface area contributed by atoms with E-state index in [1.807, 2.05) is 4.72 Å². The number of carbonyl (C=O) groups excluding carboxylic acids is 1. The Kier molecular flexibility index (Phi) is 5.20. The van der Waals surface area contributed by atoms with Gasteiger partial charge in [-0.25, -0.2) is 13.1 Å². The Morgan fingerprint density at radius 3 is 2.27 bits per heavy atom. The second-order valence-electron chi connectivity index (χ2n) is 5.20. The average Bonchev–Trinajstić information content (AvgIpc) is 2.63. The lowest BCUT2D eigenvalue weighted by molar-refractivity contribution is 0.0981. The van der Waals surface area contributed by atoms with Crippen LogP contribution in [0.5, 0.6) is 11.5 Å². The average molecular weight is 389 g/mol. The molecule has 0 unspecified atom stereocenters. The van der Waals surface area contributed by atoms with Crippen LogP contribution in [0.15, 0.2) is 78.0 Å². The number of amides is 1. The van der Waals surface area contributed by atoms with Crippen LogP contribution in [0.1, 0.15) is 10.4 Å². The highest BCUT2D eigenvalue weighted by Gasteiger charge is 2.18. The third kappa shape index (κ3) is 4.38. The van der Waals surface area contributed by atoms with Crippen molar-refractivity contribution in [3.05, 3.63) is 83.6 Å². The van der Waals surface area contributed by atoms with Crippen molar-refractivity contribution in [1.82, 2.24) is 9.71 Å². The van der Waals surface area contributed by atoms with E-state index in [1.54, 1.807) is 36.7 Å². The molecule has 0 saturated carbocycles. The molecule has 0 aliphatic carbocycles. The third-order valence-corrected chi connectivity index (χ3v) is 4.94. The van der Waals surface area contributed by atoms with Gasteiger partial charge in [0.15, 0.2) is 0 Å². The predicted octanol–water partition coefficient (Wildman–Crippen LogP) is 3.65. The van der Waals surface area contributed by atoms with Gasteiger partial charge in [-0.05, 0) is 60.7 Å². The smallest absolute Gasteiger partial charge is 0.265 e. The zero-order valence-corrected chi connectivity index (χ0v) is 14.9. The summed E-state index contributed by atoms with van der Waals surface area (Å²) in [5.74, 6) is 0.304. The molecular weight excluding hydrogens is 376 g/mol. The summed E-state index contributed by atoms with van der Waals surface area (Å²) >= 11 is 5.74. The van der Waals surface area contributed by atoms with Gasteiger partial charge in [0.05, 0.1) is 11.1 Å². The first-order valence-electron chi connectivity index (χ1n) is 7.45. The van der Waals surface area contributed by atoms with Crippen molar-refractivity contribution in [3.8, 4) is 11.5 Å². The lowest BCUT2D eigenvalue weighted by atomic mass is 10.2. The zero-order chi connectivity index (χ0) is 18.6. The van der Waals surface area contributed by atoms with Gasteiger partial charge < -0.3 is 4.74 Å². The summed E-state index contributed by atoms with van der Waals surface area (Å²) < 4.78 is 32.0. The van der Waals surface area contributed by atoms with Crippen LogP contribution < -0.4 is 9.46 Å². The number of halogens is 1. The molecule has 0 spiro atoms. The summed E-state index contributed by atoms with van der Waals surface area (Å²) in [5, 5.41) is 0.402. The highest BCUT2D eigenvalue weighted by Crippen LogP contribution is 2.21. The summed E-state index contributed by atoms with van der Waals surface area (Å²) in [5.41, 5.74) is 0.182. The van der Waals surface area contributed by atoms with Gasteiger partial charge >= 0.3 is 0 Å². The van der Waals surface area contributed by atoms with E-state index in [1.165, 1.54) is 36.4 Å². The molecule has 0 saturated heterocycles. The molecule has 1 N–H and O–H groups in total. The van der Waals surface area contributed by atoms with E-state index >= 15 is 0 Å². The molecule has 2 aromatic carbocycles. The molecule has 3 aromatic rings. The fourth-order valence-electron chi connectivity index (χ4n) is 2.07. The summed E-state index contributed by atoms with van der Waals surface area (Å²) in [6, 6.07) is 15.1. The molecule has 8 heteroatoms. The Hall–Kier alpha value is -2.90. The van der Waals surface area contributed by atoms with E-state index in [0.29, 0.717) is 16.5 Å². The van der Waals surface area contributed by atoms with Gasteiger partial charge in [0.2, 0.25) is 0 Å². The van der Waals surface area contributed by atoms with Gasteiger partial charge in [-0.2, -0.15) is 0 Å². The van der Waals surface area contributed by atoms with E-state index in [2.05, 4.69) is 4.98 Å². The molecule has 0 radical (unpaired) electrons. The van der Waals surface area contributed by atoms with Crippen molar-refractivity contribution < 1.29 is 17.9 Å². The van der Waals surface area contributed by atoms with Crippen molar-refractivity contribution >= 4 is 27.5 Å². The minimum atomic E-state index is -3.98. The monoisotopic (exact) mass is 388 g/mol. The van der Waals surface area contributed by atoms with E-state index in [9.17, 15) is 13.2 Å². The maximum Gasteiger partial charge on any atom is 0.265 e. The van der Waals surface area contributed by atoms with Gasteiger partial charge in [0.1, 0.15) is 11.5 Å². The van der Waals surface area contributed by atoms with Gasteiger partial charge in [-0.3, -0.25) is 9.78 Å². The molecule has 0 bridgehead atoms. The van der Waals surface area contributed by atoms with Gasteiger partial charge in [0, 0.05) is 16.8 Å². The van der Waals surface area contributed by atoms with Gasteiger partial charge in [0.25, 0.3) is 15.9 Å². The molecule has 3 rings (SSSR count). The SMILES string of the molecule is O=C(NS(=O)(=O)c1ccc(Cl)cc1)c1ccc(Oc2cccnc2)cc1. The number of ether oxygens (including phenoxy) is 1. The van der Waals surface area contributed by atoms with Crippen molar-refractivity contribution in [2.24, 2.45) is 0 Å². The van der Waals surface area contributed by atoms with Crippen LogP contribution in [0.25, 0.3) is 0 Å². The number of benzene rings is 2. The standard InChI is InChI=1S/C18H13ClN2O4S/c19-14-5-9-17(10-6-14)26(23,24)21-18(22)13-3-7-15(8-4-13)25-16-2-1-11-20-12-16/h1-12H,(H,21,22). The molecule has 0 aliphatic heterocycles. The minimum Gasteiger partial charge on any atom is -0.456 e. The molecule has 0 fully saturated rings. The van der Waals surface area contributed by atoms with Crippen LogP contribution in [0.2, 0.25) is 5.02 Å². The summed E-state index contributed by atoms with van der Waals surface area (Å²) in [7, 11) is -3.98. The lowest BCUT2D eigenvalue weighted by Gasteiger charge is -2.08. The van der Waals surface area contributed by atoms with Crippen LogP contribution in [-0.2, 0) is 10.0 Å². The maximum absolute atomic E-state index is 12.2. The Labute approximate surface area is 155 Å². The Balaban J connectivity index is 1.71. The highest BCUT2D eigenvalue weighted by atomic mass is 35.5. The lowest BCUT2D eigenvalue weighted by Crippen LogP contribution is -2.30.